The lowest BCUT2D eigenvalue weighted by atomic mass is 10.2. The summed E-state index contributed by atoms with van der Waals surface area (Å²) in [5, 5.41) is 0. The molecule has 100 valence electrons. The Morgan fingerprint density at radius 2 is 1.89 bits per heavy atom. The van der Waals surface area contributed by atoms with Crippen LogP contribution in [0.5, 0.6) is 5.75 Å². The van der Waals surface area contributed by atoms with E-state index in [0.29, 0.717) is 18.8 Å². The number of carbonyl (C=O) groups is 1. The van der Waals surface area contributed by atoms with E-state index in [2.05, 4.69) is 11.8 Å². The maximum atomic E-state index is 11.4. The Bertz CT molecular complexity index is 362. The summed E-state index contributed by atoms with van der Waals surface area (Å²) in [6.45, 7) is 6.82. The first kappa shape index (κ1) is 14.5. The minimum Gasteiger partial charge on any atom is -0.492 e. The van der Waals surface area contributed by atoms with E-state index in [0.717, 1.165) is 18.8 Å². The van der Waals surface area contributed by atoms with E-state index >= 15 is 0 Å². The molecule has 0 saturated carbocycles. The lowest BCUT2D eigenvalue weighted by Crippen LogP contribution is -2.23. The van der Waals surface area contributed by atoms with Crippen LogP contribution in [0.4, 0.5) is 0 Å². The summed E-state index contributed by atoms with van der Waals surface area (Å²) in [5.74, 6) is 0.474. The van der Waals surface area contributed by atoms with Gasteiger partial charge in [0.15, 0.2) is 0 Å². The Labute approximate surface area is 108 Å². The molecular formula is C14H21NO3. The molecular weight excluding hydrogens is 230 g/mol. The number of ether oxygens (including phenoxy) is 2. The highest BCUT2D eigenvalue weighted by molar-refractivity contribution is 5.89. The number of esters is 1. The van der Waals surface area contributed by atoms with Crippen molar-refractivity contribution in [2.24, 2.45) is 0 Å². The fourth-order valence-corrected chi connectivity index (χ4v) is 1.38. The lowest BCUT2D eigenvalue weighted by Gasteiger charge is -2.14. The fourth-order valence-electron chi connectivity index (χ4n) is 1.38. The topological polar surface area (TPSA) is 38.8 Å². The summed E-state index contributed by atoms with van der Waals surface area (Å²) >= 11 is 0. The summed E-state index contributed by atoms with van der Waals surface area (Å²) in [6, 6.07) is 7.02. The molecule has 1 rings (SSSR count). The van der Waals surface area contributed by atoms with E-state index < -0.39 is 0 Å². The summed E-state index contributed by atoms with van der Waals surface area (Å²) in [7, 11) is 2.05. The highest BCUT2D eigenvalue weighted by Crippen LogP contribution is 2.12. The second-order valence-electron chi connectivity index (χ2n) is 3.99. The third-order valence-corrected chi connectivity index (χ3v) is 2.65. The van der Waals surface area contributed by atoms with Crippen molar-refractivity contribution in [1.82, 2.24) is 4.90 Å². The molecule has 4 nitrogen and oxygen atoms in total. The van der Waals surface area contributed by atoms with Crippen LogP contribution in [0.25, 0.3) is 0 Å². The molecule has 0 N–H and O–H groups in total. The maximum absolute atomic E-state index is 11.4. The van der Waals surface area contributed by atoms with Crippen molar-refractivity contribution in [3.8, 4) is 5.75 Å². The summed E-state index contributed by atoms with van der Waals surface area (Å²) in [4.78, 5) is 13.6. The summed E-state index contributed by atoms with van der Waals surface area (Å²) in [5.41, 5.74) is 0.551. The zero-order valence-electron chi connectivity index (χ0n) is 11.3. The molecule has 0 unspecified atom stereocenters. The SMILES string of the molecule is CCOC(=O)c1ccc(OCCN(C)CC)cc1. The van der Waals surface area contributed by atoms with Gasteiger partial charge in [-0.1, -0.05) is 6.92 Å². The lowest BCUT2D eigenvalue weighted by molar-refractivity contribution is 0.0526. The first-order valence-corrected chi connectivity index (χ1v) is 6.25. The first-order chi connectivity index (χ1) is 8.67. The highest BCUT2D eigenvalue weighted by Gasteiger charge is 2.05. The Morgan fingerprint density at radius 1 is 1.22 bits per heavy atom. The monoisotopic (exact) mass is 251 g/mol. The third kappa shape index (κ3) is 4.75. The molecule has 0 amide bonds. The van der Waals surface area contributed by atoms with Gasteiger partial charge < -0.3 is 14.4 Å². The van der Waals surface area contributed by atoms with Gasteiger partial charge in [-0.25, -0.2) is 4.79 Å². The number of likely N-dealkylation sites (N-methyl/N-ethyl adjacent to an activating group) is 1. The largest absolute Gasteiger partial charge is 0.492 e. The predicted molar refractivity (Wildman–Crippen MR) is 71.1 cm³/mol. The molecule has 0 heterocycles. The van der Waals surface area contributed by atoms with Crippen molar-refractivity contribution in [3.05, 3.63) is 29.8 Å². The second kappa shape index (κ2) is 7.71. The molecule has 4 heteroatoms. The predicted octanol–water partition coefficient (Wildman–Crippen LogP) is 2.19. The average molecular weight is 251 g/mol. The number of nitrogens with zero attached hydrogens (tertiary/aromatic N) is 1. The molecule has 0 fully saturated rings. The van der Waals surface area contributed by atoms with Crippen LogP contribution in [0, 0.1) is 0 Å². The summed E-state index contributed by atoms with van der Waals surface area (Å²) < 4.78 is 10.5. The number of benzene rings is 1. The molecule has 1 aromatic rings. The maximum Gasteiger partial charge on any atom is 0.338 e. The standard InChI is InChI=1S/C14H21NO3/c1-4-15(3)10-11-18-13-8-6-12(7-9-13)14(16)17-5-2/h6-9H,4-5,10-11H2,1-3H3. The van der Waals surface area contributed by atoms with Crippen LogP contribution in [-0.4, -0.2) is 44.2 Å². The van der Waals surface area contributed by atoms with Crippen molar-refractivity contribution in [2.75, 3.05) is 33.4 Å². The van der Waals surface area contributed by atoms with Crippen molar-refractivity contribution in [2.45, 2.75) is 13.8 Å². The van der Waals surface area contributed by atoms with Gasteiger partial charge >= 0.3 is 5.97 Å². The number of carbonyl (C=O) groups excluding carboxylic acids is 1. The van der Waals surface area contributed by atoms with Crippen LogP contribution in [0.1, 0.15) is 24.2 Å². The van der Waals surface area contributed by atoms with Crippen LogP contribution in [0.3, 0.4) is 0 Å². The molecule has 0 atom stereocenters. The smallest absolute Gasteiger partial charge is 0.338 e. The number of hydrogen-bond acceptors (Lipinski definition) is 4. The highest BCUT2D eigenvalue weighted by atomic mass is 16.5. The first-order valence-electron chi connectivity index (χ1n) is 6.25. The van der Waals surface area contributed by atoms with Crippen molar-refractivity contribution >= 4 is 5.97 Å². The molecule has 18 heavy (non-hydrogen) atoms. The van der Waals surface area contributed by atoms with Gasteiger partial charge in [-0.3, -0.25) is 0 Å². The molecule has 0 spiro atoms. The van der Waals surface area contributed by atoms with Crippen molar-refractivity contribution in [1.29, 1.82) is 0 Å². The average Bonchev–Trinajstić information content (AvgIpc) is 2.39. The zero-order chi connectivity index (χ0) is 13.4. The molecule has 0 saturated heterocycles. The Kier molecular flexibility index (Phi) is 6.22. The third-order valence-electron chi connectivity index (χ3n) is 2.65. The van der Waals surface area contributed by atoms with Gasteiger partial charge in [-0.05, 0) is 44.8 Å². The Balaban J connectivity index is 2.43. The van der Waals surface area contributed by atoms with E-state index in [1.54, 1.807) is 31.2 Å². The van der Waals surface area contributed by atoms with Gasteiger partial charge in [-0.15, -0.1) is 0 Å². The molecule has 0 aromatic heterocycles. The van der Waals surface area contributed by atoms with Crippen LogP contribution in [0.2, 0.25) is 0 Å². The minimum atomic E-state index is -0.297. The van der Waals surface area contributed by atoms with Gasteiger partial charge in [0.2, 0.25) is 0 Å². The fraction of sp³-hybridized carbons (Fsp3) is 0.500. The van der Waals surface area contributed by atoms with Crippen molar-refractivity contribution < 1.29 is 14.3 Å². The Morgan fingerprint density at radius 3 is 2.44 bits per heavy atom. The van der Waals surface area contributed by atoms with Gasteiger partial charge in [0.05, 0.1) is 12.2 Å². The number of rotatable bonds is 7. The van der Waals surface area contributed by atoms with Crippen LogP contribution >= 0.6 is 0 Å². The van der Waals surface area contributed by atoms with Gasteiger partial charge in [0.1, 0.15) is 12.4 Å². The second-order valence-corrected chi connectivity index (χ2v) is 3.99. The normalized spacial score (nSPS) is 10.4. The molecule has 0 aliphatic carbocycles. The van der Waals surface area contributed by atoms with Gasteiger partial charge in [0.25, 0.3) is 0 Å². The van der Waals surface area contributed by atoms with E-state index in [9.17, 15) is 4.79 Å². The van der Waals surface area contributed by atoms with Crippen LogP contribution in [-0.2, 0) is 4.74 Å². The number of hydrogen-bond donors (Lipinski definition) is 0. The van der Waals surface area contributed by atoms with Crippen LogP contribution in [0.15, 0.2) is 24.3 Å². The molecule has 0 radical (unpaired) electrons. The summed E-state index contributed by atoms with van der Waals surface area (Å²) in [6.07, 6.45) is 0. The zero-order valence-corrected chi connectivity index (χ0v) is 11.3. The molecule has 0 aliphatic rings. The molecule has 1 aromatic carbocycles. The van der Waals surface area contributed by atoms with E-state index in [1.807, 2.05) is 7.05 Å². The minimum absolute atomic E-state index is 0.297. The van der Waals surface area contributed by atoms with Crippen LogP contribution < -0.4 is 4.74 Å². The quantitative estimate of drug-likeness (QED) is 0.696. The van der Waals surface area contributed by atoms with E-state index in [4.69, 9.17) is 9.47 Å². The van der Waals surface area contributed by atoms with Crippen molar-refractivity contribution in [3.63, 3.8) is 0 Å². The van der Waals surface area contributed by atoms with Gasteiger partial charge in [0, 0.05) is 6.54 Å². The molecule has 0 bridgehead atoms. The molecule has 0 aliphatic heterocycles. The van der Waals surface area contributed by atoms with E-state index in [1.165, 1.54) is 0 Å². The van der Waals surface area contributed by atoms with Gasteiger partial charge in [-0.2, -0.15) is 0 Å². The van der Waals surface area contributed by atoms with E-state index in [-0.39, 0.29) is 5.97 Å². The Hall–Kier alpha value is -1.55.